The number of fused-ring (bicyclic) bond motifs is 1. The lowest BCUT2D eigenvalue weighted by Crippen LogP contribution is -2.21. The molecular formula is C13H14N6O3. The van der Waals surface area contributed by atoms with Gasteiger partial charge in [-0.25, -0.2) is 14.8 Å². The van der Waals surface area contributed by atoms with Crippen LogP contribution in [-0.2, 0) is 0 Å². The highest BCUT2D eigenvalue weighted by Gasteiger charge is 2.09. The minimum Gasteiger partial charge on any atom is -0.392 e. The SMILES string of the molecule is CC(O)CNc1ccc(-c2nc3[nH]c(=O)[nH]c(=O)c3[nH]2)cn1. The molecule has 3 aromatic rings. The van der Waals surface area contributed by atoms with E-state index in [2.05, 4.69) is 30.2 Å². The second kappa shape index (κ2) is 5.45. The molecule has 5 N–H and O–H groups in total. The number of H-pyrrole nitrogens is 3. The molecule has 0 aliphatic carbocycles. The van der Waals surface area contributed by atoms with Gasteiger partial charge < -0.3 is 15.4 Å². The summed E-state index contributed by atoms with van der Waals surface area (Å²) in [6.45, 7) is 2.07. The Morgan fingerprint density at radius 2 is 2.09 bits per heavy atom. The Morgan fingerprint density at radius 1 is 1.27 bits per heavy atom. The Balaban J connectivity index is 1.92. The van der Waals surface area contributed by atoms with E-state index >= 15 is 0 Å². The van der Waals surface area contributed by atoms with E-state index in [0.717, 1.165) is 0 Å². The average molecular weight is 302 g/mol. The van der Waals surface area contributed by atoms with Crippen molar-refractivity contribution in [2.75, 3.05) is 11.9 Å². The number of hydrogen-bond acceptors (Lipinski definition) is 6. The molecule has 1 unspecified atom stereocenters. The van der Waals surface area contributed by atoms with Crippen LogP contribution in [0.25, 0.3) is 22.6 Å². The van der Waals surface area contributed by atoms with Gasteiger partial charge in [-0.2, -0.15) is 0 Å². The van der Waals surface area contributed by atoms with Gasteiger partial charge in [-0.3, -0.25) is 14.8 Å². The van der Waals surface area contributed by atoms with Crippen molar-refractivity contribution in [2.24, 2.45) is 0 Å². The smallest absolute Gasteiger partial charge is 0.327 e. The first-order valence-corrected chi connectivity index (χ1v) is 6.63. The third-order valence-corrected chi connectivity index (χ3v) is 3.01. The van der Waals surface area contributed by atoms with Crippen molar-refractivity contribution in [3.8, 4) is 11.4 Å². The van der Waals surface area contributed by atoms with Crippen molar-refractivity contribution in [2.45, 2.75) is 13.0 Å². The zero-order chi connectivity index (χ0) is 15.7. The maximum atomic E-state index is 11.7. The standard InChI is InChI=1S/C13H14N6O3/c1-6(20)4-14-8-3-2-7(5-15-8)10-16-9-11(17-10)18-13(22)19-12(9)21/h2-3,5-6,20H,4H2,1H3,(H,14,15)(H3,16,17,18,19,21,22). The minimum absolute atomic E-state index is 0.194. The van der Waals surface area contributed by atoms with Gasteiger partial charge in [0.2, 0.25) is 0 Å². The summed E-state index contributed by atoms with van der Waals surface area (Å²) >= 11 is 0. The monoisotopic (exact) mass is 302 g/mol. The first-order valence-electron chi connectivity index (χ1n) is 6.63. The molecular weight excluding hydrogens is 288 g/mol. The molecule has 22 heavy (non-hydrogen) atoms. The molecule has 114 valence electrons. The average Bonchev–Trinajstić information content (AvgIpc) is 2.90. The fourth-order valence-corrected chi connectivity index (χ4v) is 1.96. The molecule has 3 rings (SSSR count). The van der Waals surface area contributed by atoms with Gasteiger partial charge >= 0.3 is 5.69 Å². The van der Waals surface area contributed by atoms with Crippen LogP contribution in [-0.4, -0.2) is 42.7 Å². The summed E-state index contributed by atoms with van der Waals surface area (Å²) < 4.78 is 0. The van der Waals surface area contributed by atoms with Crippen LogP contribution in [0.15, 0.2) is 27.9 Å². The lowest BCUT2D eigenvalue weighted by molar-refractivity contribution is 0.208. The molecule has 9 heteroatoms. The summed E-state index contributed by atoms with van der Waals surface area (Å²) in [5.74, 6) is 1.05. The van der Waals surface area contributed by atoms with Crippen LogP contribution in [0.3, 0.4) is 0 Å². The molecule has 0 bridgehead atoms. The van der Waals surface area contributed by atoms with Crippen molar-refractivity contribution in [1.82, 2.24) is 24.9 Å². The topological polar surface area (TPSA) is 140 Å². The predicted molar refractivity (Wildman–Crippen MR) is 80.7 cm³/mol. The van der Waals surface area contributed by atoms with Gasteiger partial charge in [0.25, 0.3) is 5.56 Å². The highest BCUT2D eigenvalue weighted by molar-refractivity contribution is 5.74. The number of nitrogens with one attached hydrogen (secondary N) is 4. The van der Waals surface area contributed by atoms with E-state index in [-0.39, 0.29) is 11.2 Å². The maximum absolute atomic E-state index is 11.7. The summed E-state index contributed by atoms with van der Waals surface area (Å²) in [7, 11) is 0. The zero-order valence-electron chi connectivity index (χ0n) is 11.7. The number of imidazole rings is 1. The van der Waals surface area contributed by atoms with Crippen LogP contribution in [0, 0.1) is 0 Å². The number of aromatic amines is 3. The number of pyridine rings is 1. The summed E-state index contributed by atoms with van der Waals surface area (Å²) in [4.78, 5) is 38.7. The molecule has 3 aromatic heterocycles. The van der Waals surface area contributed by atoms with Crippen molar-refractivity contribution in [3.05, 3.63) is 39.2 Å². The molecule has 3 heterocycles. The molecule has 9 nitrogen and oxygen atoms in total. The van der Waals surface area contributed by atoms with Gasteiger partial charge in [0.05, 0.1) is 6.10 Å². The fourth-order valence-electron chi connectivity index (χ4n) is 1.96. The first kappa shape index (κ1) is 14.0. The summed E-state index contributed by atoms with van der Waals surface area (Å²) in [5.41, 5.74) is -0.0722. The zero-order valence-corrected chi connectivity index (χ0v) is 11.7. The number of aromatic nitrogens is 5. The minimum atomic E-state index is -0.605. The van der Waals surface area contributed by atoms with E-state index in [4.69, 9.17) is 0 Å². The van der Waals surface area contributed by atoms with Gasteiger partial charge in [-0.1, -0.05) is 0 Å². The number of hydrogen-bond donors (Lipinski definition) is 5. The molecule has 0 saturated carbocycles. The number of anilines is 1. The molecule has 0 fully saturated rings. The Bertz CT molecular complexity index is 906. The van der Waals surface area contributed by atoms with E-state index in [0.29, 0.717) is 23.8 Å². The Morgan fingerprint density at radius 3 is 2.77 bits per heavy atom. The summed E-state index contributed by atoms with van der Waals surface area (Å²) in [6.07, 6.45) is 1.11. The van der Waals surface area contributed by atoms with E-state index < -0.39 is 17.4 Å². The third-order valence-electron chi connectivity index (χ3n) is 3.01. The third kappa shape index (κ3) is 2.74. The van der Waals surface area contributed by atoms with E-state index in [1.165, 1.54) is 0 Å². The molecule has 0 radical (unpaired) electrons. The molecule has 0 spiro atoms. The van der Waals surface area contributed by atoms with Crippen LogP contribution in [0.4, 0.5) is 5.82 Å². The van der Waals surface area contributed by atoms with Gasteiger partial charge in [0.15, 0.2) is 5.65 Å². The van der Waals surface area contributed by atoms with E-state index in [9.17, 15) is 14.7 Å². The Kier molecular flexibility index (Phi) is 3.47. The number of aliphatic hydroxyl groups excluding tert-OH is 1. The molecule has 0 aliphatic rings. The largest absolute Gasteiger partial charge is 0.392 e. The lowest BCUT2D eigenvalue weighted by Gasteiger charge is -2.07. The van der Waals surface area contributed by atoms with E-state index in [1.54, 1.807) is 25.3 Å². The summed E-state index contributed by atoms with van der Waals surface area (Å²) in [6, 6.07) is 3.50. The molecule has 0 amide bonds. The predicted octanol–water partition coefficient (Wildman–Crippen LogP) is -0.206. The van der Waals surface area contributed by atoms with Crippen molar-refractivity contribution in [1.29, 1.82) is 0 Å². The number of rotatable bonds is 4. The Labute approximate surface area is 123 Å². The number of nitrogens with zero attached hydrogens (tertiary/aromatic N) is 2. The summed E-state index contributed by atoms with van der Waals surface area (Å²) in [5, 5.41) is 12.2. The highest BCUT2D eigenvalue weighted by Crippen LogP contribution is 2.17. The van der Waals surface area contributed by atoms with Crippen LogP contribution < -0.4 is 16.6 Å². The van der Waals surface area contributed by atoms with Gasteiger partial charge in [-0.05, 0) is 19.1 Å². The highest BCUT2D eigenvalue weighted by atomic mass is 16.3. The normalized spacial score (nSPS) is 12.5. The van der Waals surface area contributed by atoms with Gasteiger partial charge in [0, 0.05) is 18.3 Å². The number of aliphatic hydroxyl groups is 1. The van der Waals surface area contributed by atoms with Crippen LogP contribution in [0.1, 0.15) is 6.92 Å². The fraction of sp³-hybridized carbons (Fsp3) is 0.231. The van der Waals surface area contributed by atoms with Crippen molar-refractivity contribution < 1.29 is 5.11 Å². The first-order chi connectivity index (χ1) is 10.5. The van der Waals surface area contributed by atoms with Crippen LogP contribution >= 0.6 is 0 Å². The second-order valence-electron chi connectivity index (χ2n) is 4.88. The van der Waals surface area contributed by atoms with Crippen molar-refractivity contribution in [3.63, 3.8) is 0 Å². The van der Waals surface area contributed by atoms with Gasteiger partial charge in [-0.15, -0.1) is 0 Å². The van der Waals surface area contributed by atoms with Gasteiger partial charge in [0.1, 0.15) is 17.2 Å². The van der Waals surface area contributed by atoms with Crippen LogP contribution in [0.5, 0.6) is 0 Å². The molecule has 0 aliphatic heterocycles. The quantitative estimate of drug-likeness (QED) is 0.452. The van der Waals surface area contributed by atoms with Crippen LogP contribution in [0.2, 0.25) is 0 Å². The Hall–Kier alpha value is -2.94. The van der Waals surface area contributed by atoms with E-state index in [1.807, 2.05) is 0 Å². The lowest BCUT2D eigenvalue weighted by atomic mass is 10.2. The second-order valence-corrected chi connectivity index (χ2v) is 4.88. The molecule has 1 atom stereocenters. The van der Waals surface area contributed by atoms with Crippen molar-refractivity contribution >= 4 is 17.0 Å². The maximum Gasteiger partial charge on any atom is 0.327 e. The molecule has 0 aromatic carbocycles. The molecule has 0 saturated heterocycles.